The summed E-state index contributed by atoms with van der Waals surface area (Å²) in [7, 11) is 0. The van der Waals surface area contributed by atoms with Crippen molar-refractivity contribution in [3.8, 4) is 0 Å². The number of carbonyl (C=O) groups excluding carboxylic acids is 4. The molecule has 0 aromatic heterocycles. The van der Waals surface area contributed by atoms with Crippen molar-refractivity contribution in [1.82, 2.24) is 10.2 Å². The van der Waals surface area contributed by atoms with Crippen LogP contribution in [0, 0.1) is 0 Å². The number of anilines is 1. The molecule has 1 aromatic rings. The molecule has 0 radical (unpaired) electrons. The number of allylic oxidation sites excluding steroid dienone is 1. The summed E-state index contributed by atoms with van der Waals surface area (Å²) < 4.78 is 0. The Morgan fingerprint density at radius 1 is 1.04 bits per heavy atom. The van der Waals surface area contributed by atoms with Crippen LogP contribution in [-0.2, 0) is 25.7 Å². The third-order valence-corrected chi connectivity index (χ3v) is 5.50. The third-order valence-electron chi connectivity index (χ3n) is 5.50. The standard InChI is InChI=1S/C21H25N3O4/c1-13-6-5-9-16(14(13)2)22-20(27)21(28)23-17-8-4-3-7-15(17)12-24-18(25)10-11-19(24)26/h3-4,7-8,16H,5-6,9-12H2,1-2H3,(H,22,27)(H,23,28). The van der Waals surface area contributed by atoms with Gasteiger partial charge in [-0.05, 0) is 44.7 Å². The van der Waals surface area contributed by atoms with E-state index in [1.165, 1.54) is 10.5 Å². The molecule has 1 aromatic carbocycles. The molecule has 1 atom stereocenters. The molecule has 0 bridgehead atoms. The molecule has 7 heteroatoms. The van der Waals surface area contributed by atoms with Gasteiger partial charge in [0.25, 0.3) is 0 Å². The summed E-state index contributed by atoms with van der Waals surface area (Å²) in [5.41, 5.74) is 3.39. The molecule has 1 heterocycles. The number of carbonyl (C=O) groups is 4. The lowest BCUT2D eigenvalue weighted by atomic mass is 9.89. The Hall–Kier alpha value is -2.96. The van der Waals surface area contributed by atoms with E-state index in [2.05, 4.69) is 10.6 Å². The van der Waals surface area contributed by atoms with Gasteiger partial charge in [-0.15, -0.1) is 0 Å². The predicted octanol–water partition coefficient (Wildman–Crippen LogP) is 2.28. The molecule has 2 aliphatic rings. The van der Waals surface area contributed by atoms with Crippen LogP contribution < -0.4 is 10.6 Å². The SMILES string of the molecule is CC1=C(C)C(NC(=O)C(=O)Nc2ccccc2CN2C(=O)CCC2=O)CCC1. The summed E-state index contributed by atoms with van der Waals surface area (Å²) in [5.74, 6) is -1.90. The van der Waals surface area contributed by atoms with Crippen LogP contribution in [-0.4, -0.2) is 34.6 Å². The molecular formula is C21H25N3O4. The molecule has 1 unspecified atom stereocenters. The molecule has 148 valence electrons. The summed E-state index contributed by atoms with van der Waals surface area (Å²) in [4.78, 5) is 49.7. The van der Waals surface area contributed by atoms with Crippen LogP contribution >= 0.6 is 0 Å². The van der Waals surface area contributed by atoms with Crippen molar-refractivity contribution in [3.63, 3.8) is 0 Å². The van der Waals surface area contributed by atoms with E-state index in [0.717, 1.165) is 24.8 Å². The average molecular weight is 383 g/mol. The zero-order valence-corrected chi connectivity index (χ0v) is 16.2. The fourth-order valence-corrected chi connectivity index (χ4v) is 3.62. The summed E-state index contributed by atoms with van der Waals surface area (Å²) >= 11 is 0. The summed E-state index contributed by atoms with van der Waals surface area (Å²) in [6, 6.07) is 6.74. The second-order valence-electron chi connectivity index (χ2n) is 7.37. The first-order valence-electron chi connectivity index (χ1n) is 9.56. The lowest BCUT2D eigenvalue weighted by molar-refractivity contribution is -0.139. The van der Waals surface area contributed by atoms with Crippen molar-refractivity contribution in [3.05, 3.63) is 41.0 Å². The highest BCUT2D eigenvalue weighted by Gasteiger charge is 2.29. The summed E-state index contributed by atoms with van der Waals surface area (Å²) in [5, 5.41) is 5.41. The van der Waals surface area contributed by atoms with E-state index >= 15 is 0 Å². The van der Waals surface area contributed by atoms with E-state index in [9.17, 15) is 19.2 Å². The Bertz CT molecular complexity index is 843. The van der Waals surface area contributed by atoms with E-state index in [1.807, 2.05) is 13.8 Å². The maximum absolute atomic E-state index is 12.4. The lowest BCUT2D eigenvalue weighted by Crippen LogP contribution is -2.43. The summed E-state index contributed by atoms with van der Waals surface area (Å²) in [6.07, 6.45) is 3.24. The molecule has 1 saturated heterocycles. The second-order valence-corrected chi connectivity index (χ2v) is 7.37. The minimum absolute atomic E-state index is 0.0827. The molecule has 1 fully saturated rings. The summed E-state index contributed by atoms with van der Waals surface area (Å²) in [6.45, 7) is 4.11. The van der Waals surface area contributed by atoms with Crippen molar-refractivity contribution in [2.75, 3.05) is 5.32 Å². The zero-order chi connectivity index (χ0) is 20.3. The Labute approximate surface area is 164 Å². The van der Waals surface area contributed by atoms with Crippen LogP contribution in [0.25, 0.3) is 0 Å². The van der Waals surface area contributed by atoms with Crippen LogP contribution in [0.4, 0.5) is 5.69 Å². The second kappa shape index (κ2) is 8.37. The smallest absolute Gasteiger partial charge is 0.313 e. The monoisotopic (exact) mass is 383 g/mol. The van der Waals surface area contributed by atoms with Gasteiger partial charge >= 0.3 is 11.8 Å². The van der Waals surface area contributed by atoms with Gasteiger partial charge in [0.05, 0.1) is 12.6 Å². The number of hydrogen-bond acceptors (Lipinski definition) is 4. The topological polar surface area (TPSA) is 95.6 Å². The van der Waals surface area contributed by atoms with Crippen LogP contribution in [0.15, 0.2) is 35.4 Å². The zero-order valence-electron chi connectivity index (χ0n) is 16.2. The maximum Gasteiger partial charge on any atom is 0.313 e. The minimum Gasteiger partial charge on any atom is -0.341 e. The number of hydrogen-bond donors (Lipinski definition) is 2. The van der Waals surface area contributed by atoms with Gasteiger partial charge in [-0.2, -0.15) is 0 Å². The molecule has 1 aliphatic heterocycles. The Morgan fingerprint density at radius 3 is 2.43 bits per heavy atom. The quantitative estimate of drug-likeness (QED) is 0.474. The number of amides is 4. The van der Waals surface area contributed by atoms with E-state index in [1.54, 1.807) is 24.3 Å². The molecule has 0 saturated carbocycles. The van der Waals surface area contributed by atoms with E-state index in [4.69, 9.17) is 0 Å². The van der Waals surface area contributed by atoms with Gasteiger partial charge in [0.15, 0.2) is 0 Å². The minimum atomic E-state index is -0.762. The largest absolute Gasteiger partial charge is 0.341 e. The molecule has 0 spiro atoms. The average Bonchev–Trinajstić information content (AvgIpc) is 2.99. The molecule has 4 amide bonds. The fraction of sp³-hybridized carbons (Fsp3) is 0.429. The normalized spacial score (nSPS) is 19.8. The molecular weight excluding hydrogens is 358 g/mol. The van der Waals surface area contributed by atoms with Crippen LogP contribution in [0.3, 0.4) is 0 Å². The molecule has 28 heavy (non-hydrogen) atoms. The van der Waals surface area contributed by atoms with Crippen molar-refractivity contribution in [1.29, 1.82) is 0 Å². The van der Waals surface area contributed by atoms with Gasteiger partial charge in [0.2, 0.25) is 11.8 Å². The van der Waals surface area contributed by atoms with Crippen LogP contribution in [0.1, 0.15) is 51.5 Å². The van der Waals surface area contributed by atoms with Crippen LogP contribution in [0.5, 0.6) is 0 Å². The highest BCUT2D eigenvalue weighted by atomic mass is 16.2. The van der Waals surface area contributed by atoms with Gasteiger partial charge in [0.1, 0.15) is 0 Å². The predicted molar refractivity (Wildman–Crippen MR) is 104 cm³/mol. The first-order valence-corrected chi connectivity index (χ1v) is 9.56. The molecule has 1 aliphatic carbocycles. The number of para-hydroxylation sites is 1. The van der Waals surface area contributed by atoms with E-state index in [-0.39, 0.29) is 37.2 Å². The van der Waals surface area contributed by atoms with E-state index in [0.29, 0.717) is 11.3 Å². The van der Waals surface area contributed by atoms with Crippen molar-refractivity contribution in [2.24, 2.45) is 0 Å². The Balaban J connectivity index is 1.67. The first-order chi connectivity index (χ1) is 13.4. The number of imide groups is 1. The molecule has 7 nitrogen and oxygen atoms in total. The highest BCUT2D eigenvalue weighted by molar-refractivity contribution is 6.39. The van der Waals surface area contributed by atoms with Gasteiger partial charge in [-0.25, -0.2) is 0 Å². The van der Waals surface area contributed by atoms with E-state index < -0.39 is 11.8 Å². The van der Waals surface area contributed by atoms with Crippen molar-refractivity contribution >= 4 is 29.3 Å². The first kappa shape index (κ1) is 19.8. The van der Waals surface area contributed by atoms with Gasteiger partial charge in [0, 0.05) is 18.5 Å². The third kappa shape index (κ3) is 4.30. The Morgan fingerprint density at radius 2 is 1.71 bits per heavy atom. The number of nitrogens with one attached hydrogen (secondary N) is 2. The molecule has 2 N–H and O–H groups in total. The maximum atomic E-state index is 12.4. The molecule has 3 rings (SSSR count). The lowest BCUT2D eigenvalue weighted by Gasteiger charge is -2.26. The number of nitrogens with zero attached hydrogens (tertiary/aromatic N) is 1. The number of benzene rings is 1. The van der Waals surface area contributed by atoms with Gasteiger partial charge in [-0.3, -0.25) is 24.1 Å². The Kier molecular flexibility index (Phi) is 5.92. The van der Waals surface area contributed by atoms with Crippen molar-refractivity contribution in [2.45, 2.75) is 58.5 Å². The fourth-order valence-electron chi connectivity index (χ4n) is 3.62. The highest BCUT2D eigenvalue weighted by Crippen LogP contribution is 2.24. The van der Waals surface area contributed by atoms with Crippen LogP contribution in [0.2, 0.25) is 0 Å². The van der Waals surface area contributed by atoms with Gasteiger partial charge in [-0.1, -0.05) is 29.3 Å². The van der Waals surface area contributed by atoms with Crippen molar-refractivity contribution < 1.29 is 19.2 Å². The number of likely N-dealkylation sites (tertiary alicyclic amines) is 1. The van der Waals surface area contributed by atoms with Gasteiger partial charge < -0.3 is 10.6 Å². The number of rotatable bonds is 4.